The van der Waals surface area contributed by atoms with Gasteiger partial charge in [-0.2, -0.15) is 0 Å². The molecule has 0 saturated carbocycles. The van der Waals surface area contributed by atoms with Crippen LogP contribution in [0.2, 0.25) is 10.0 Å². The van der Waals surface area contributed by atoms with E-state index < -0.39 is 0 Å². The van der Waals surface area contributed by atoms with Crippen molar-refractivity contribution < 1.29 is 4.39 Å². The lowest BCUT2D eigenvalue weighted by Gasteiger charge is -2.12. The second-order valence-electron chi connectivity index (χ2n) is 4.66. The summed E-state index contributed by atoms with van der Waals surface area (Å²) in [6.45, 7) is 0. The number of nitrogens with zero attached hydrogens (tertiary/aromatic N) is 1. The van der Waals surface area contributed by atoms with Crippen LogP contribution in [0, 0.1) is 5.82 Å². The van der Waals surface area contributed by atoms with Gasteiger partial charge < -0.3 is 0 Å². The lowest BCUT2D eigenvalue weighted by Crippen LogP contribution is -2.00. The normalized spacial score (nSPS) is 15.5. The SMILES string of the molecule is Fc1ccc(Cl)c2c(Cl)c3c(nc12)CCCCC3. The first-order chi connectivity index (χ1) is 8.68. The maximum atomic E-state index is 13.8. The molecule has 1 aromatic heterocycles. The molecule has 2 aromatic rings. The van der Waals surface area contributed by atoms with Crippen LogP contribution in [-0.2, 0) is 12.8 Å². The lowest BCUT2D eigenvalue weighted by atomic mass is 10.0. The van der Waals surface area contributed by atoms with Gasteiger partial charge in [-0.05, 0) is 43.4 Å². The summed E-state index contributed by atoms with van der Waals surface area (Å²) < 4.78 is 13.8. The summed E-state index contributed by atoms with van der Waals surface area (Å²) in [6, 6.07) is 2.88. The van der Waals surface area contributed by atoms with Crippen LogP contribution in [0.3, 0.4) is 0 Å². The number of aromatic nitrogens is 1. The number of fused-ring (bicyclic) bond motifs is 2. The molecular weight excluding hydrogens is 272 g/mol. The Morgan fingerprint density at radius 3 is 2.67 bits per heavy atom. The summed E-state index contributed by atoms with van der Waals surface area (Å²) in [7, 11) is 0. The minimum Gasteiger partial charge on any atom is -0.249 e. The van der Waals surface area contributed by atoms with Gasteiger partial charge in [0.25, 0.3) is 0 Å². The van der Waals surface area contributed by atoms with Crippen LogP contribution in [-0.4, -0.2) is 4.98 Å². The van der Waals surface area contributed by atoms with Crippen molar-refractivity contribution in [1.82, 2.24) is 4.98 Å². The molecule has 0 unspecified atom stereocenters. The van der Waals surface area contributed by atoms with Crippen molar-refractivity contribution in [2.75, 3.05) is 0 Å². The Balaban J connectivity index is 2.38. The van der Waals surface area contributed by atoms with Gasteiger partial charge in [0.15, 0.2) is 0 Å². The average Bonchev–Trinajstić information content (AvgIpc) is 2.59. The zero-order valence-electron chi connectivity index (χ0n) is 9.77. The predicted octanol–water partition coefficient (Wildman–Crippen LogP) is 4.95. The standard InChI is InChI=1S/C14H12Cl2FN/c15-9-6-7-10(17)14-12(9)13(16)8-4-2-1-3-5-11(8)18-14/h6-7H,1-5H2. The molecule has 1 aromatic carbocycles. The second-order valence-corrected chi connectivity index (χ2v) is 5.45. The lowest BCUT2D eigenvalue weighted by molar-refractivity contribution is 0.636. The predicted molar refractivity (Wildman–Crippen MR) is 73.0 cm³/mol. The van der Waals surface area contributed by atoms with Gasteiger partial charge in [-0.1, -0.05) is 29.6 Å². The van der Waals surface area contributed by atoms with E-state index in [4.69, 9.17) is 23.2 Å². The van der Waals surface area contributed by atoms with Crippen LogP contribution in [0.25, 0.3) is 10.9 Å². The zero-order valence-corrected chi connectivity index (χ0v) is 11.3. The van der Waals surface area contributed by atoms with Crippen LogP contribution < -0.4 is 0 Å². The number of benzene rings is 1. The van der Waals surface area contributed by atoms with E-state index in [1.165, 1.54) is 18.6 Å². The van der Waals surface area contributed by atoms with Gasteiger partial charge in [-0.25, -0.2) is 9.37 Å². The highest BCUT2D eigenvalue weighted by molar-refractivity contribution is 6.42. The molecule has 1 heterocycles. The van der Waals surface area contributed by atoms with E-state index in [0.29, 0.717) is 20.9 Å². The molecule has 0 radical (unpaired) electrons. The molecule has 0 bridgehead atoms. The maximum absolute atomic E-state index is 13.8. The van der Waals surface area contributed by atoms with E-state index >= 15 is 0 Å². The summed E-state index contributed by atoms with van der Waals surface area (Å²) in [5.41, 5.74) is 2.29. The topological polar surface area (TPSA) is 12.9 Å². The van der Waals surface area contributed by atoms with Crippen molar-refractivity contribution in [3.8, 4) is 0 Å². The molecule has 0 fully saturated rings. The quantitative estimate of drug-likeness (QED) is 0.624. The number of rotatable bonds is 0. The first-order valence-corrected chi connectivity index (χ1v) is 6.89. The van der Waals surface area contributed by atoms with Gasteiger partial charge >= 0.3 is 0 Å². The summed E-state index contributed by atoms with van der Waals surface area (Å²) in [5, 5.41) is 1.61. The van der Waals surface area contributed by atoms with Gasteiger partial charge in [0.1, 0.15) is 11.3 Å². The number of hydrogen-bond acceptors (Lipinski definition) is 1. The van der Waals surface area contributed by atoms with E-state index in [2.05, 4.69) is 4.98 Å². The van der Waals surface area contributed by atoms with E-state index in [0.717, 1.165) is 36.9 Å². The Bertz CT molecular complexity index is 625. The van der Waals surface area contributed by atoms with Crippen LogP contribution in [0.5, 0.6) is 0 Å². The van der Waals surface area contributed by atoms with E-state index in [1.54, 1.807) is 0 Å². The van der Waals surface area contributed by atoms with Gasteiger partial charge in [-0.3, -0.25) is 0 Å². The molecule has 94 valence electrons. The Morgan fingerprint density at radius 2 is 1.83 bits per heavy atom. The molecule has 1 aliphatic rings. The van der Waals surface area contributed by atoms with Gasteiger partial charge in [0.05, 0.1) is 10.0 Å². The first-order valence-electron chi connectivity index (χ1n) is 6.13. The maximum Gasteiger partial charge on any atom is 0.149 e. The molecule has 1 nitrogen and oxygen atoms in total. The van der Waals surface area contributed by atoms with E-state index in [-0.39, 0.29) is 5.82 Å². The smallest absolute Gasteiger partial charge is 0.149 e. The molecule has 0 atom stereocenters. The average molecular weight is 284 g/mol. The molecule has 0 amide bonds. The highest BCUT2D eigenvalue weighted by Crippen LogP contribution is 2.36. The second kappa shape index (κ2) is 4.67. The Morgan fingerprint density at radius 1 is 1.06 bits per heavy atom. The van der Waals surface area contributed by atoms with Crippen LogP contribution in [0.15, 0.2) is 12.1 Å². The fourth-order valence-electron chi connectivity index (χ4n) is 2.57. The fourth-order valence-corrected chi connectivity index (χ4v) is 3.26. The molecule has 1 aliphatic carbocycles. The number of hydrogen-bond donors (Lipinski definition) is 0. The van der Waals surface area contributed by atoms with Crippen LogP contribution >= 0.6 is 23.2 Å². The number of aryl methyl sites for hydroxylation is 1. The summed E-state index contributed by atoms with van der Waals surface area (Å²) >= 11 is 12.5. The molecule has 4 heteroatoms. The van der Waals surface area contributed by atoms with Crippen molar-refractivity contribution >= 4 is 34.1 Å². The van der Waals surface area contributed by atoms with Crippen molar-refractivity contribution in [1.29, 1.82) is 0 Å². The molecule has 18 heavy (non-hydrogen) atoms. The highest BCUT2D eigenvalue weighted by atomic mass is 35.5. The van der Waals surface area contributed by atoms with Crippen LogP contribution in [0.1, 0.15) is 30.5 Å². The summed E-state index contributed by atoms with van der Waals surface area (Å²) in [5.74, 6) is -0.358. The van der Waals surface area contributed by atoms with Crippen molar-refractivity contribution in [3.63, 3.8) is 0 Å². The molecule has 0 spiro atoms. The molecule has 0 aliphatic heterocycles. The fraction of sp³-hybridized carbons (Fsp3) is 0.357. The monoisotopic (exact) mass is 283 g/mol. The molecule has 0 saturated heterocycles. The highest BCUT2D eigenvalue weighted by Gasteiger charge is 2.19. The number of halogens is 3. The first kappa shape index (κ1) is 12.2. The third kappa shape index (κ3) is 1.88. The minimum atomic E-state index is -0.358. The van der Waals surface area contributed by atoms with Gasteiger partial charge in [0.2, 0.25) is 0 Å². The van der Waals surface area contributed by atoms with Crippen molar-refractivity contribution in [2.24, 2.45) is 0 Å². The molecule has 3 rings (SSSR count). The Labute approximate surface area is 115 Å². The van der Waals surface area contributed by atoms with E-state index in [1.807, 2.05) is 0 Å². The molecular formula is C14H12Cl2FN. The van der Waals surface area contributed by atoms with E-state index in [9.17, 15) is 4.39 Å². The minimum absolute atomic E-state index is 0.299. The van der Waals surface area contributed by atoms with Crippen LogP contribution in [0.4, 0.5) is 4.39 Å². The largest absolute Gasteiger partial charge is 0.249 e. The zero-order chi connectivity index (χ0) is 12.7. The summed E-state index contributed by atoms with van der Waals surface area (Å²) in [6.07, 6.45) is 5.14. The summed E-state index contributed by atoms with van der Waals surface area (Å²) in [4.78, 5) is 4.45. The number of pyridine rings is 1. The third-order valence-corrected chi connectivity index (χ3v) is 4.23. The van der Waals surface area contributed by atoms with Crippen molar-refractivity contribution in [2.45, 2.75) is 32.1 Å². The molecule has 0 N–H and O–H groups in total. The Kier molecular flexibility index (Phi) is 3.16. The third-order valence-electron chi connectivity index (χ3n) is 3.50. The van der Waals surface area contributed by atoms with Gasteiger partial charge in [0, 0.05) is 11.1 Å². The van der Waals surface area contributed by atoms with Gasteiger partial charge in [-0.15, -0.1) is 0 Å². The Hall–Kier alpha value is -0.860. The van der Waals surface area contributed by atoms with Crippen molar-refractivity contribution in [3.05, 3.63) is 39.3 Å².